The molecule has 2 rings (SSSR count). The van der Waals surface area contributed by atoms with Gasteiger partial charge in [-0.3, -0.25) is 4.79 Å². The van der Waals surface area contributed by atoms with Crippen molar-refractivity contribution in [2.75, 3.05) is 11.4 Å². The second-order valence-electron chi connectivity index (χ2n) is 3.57. The summed E-state index contributed by atoms with van der Waals surface area (Å²) in [6, 6.07) is 7.82. The zero-order valence-corrected chi connectivity index (χ0v) is 9.09. The number of carbonyl (C=O) groups is 1. The number of thiocarbonyl (C=S) groups is 1. The first-order chi connectivity index (χ1) is 7.18. The lowest BCUT2D eigenvalue weighted by molar-refractivity contribution is -0.117. The molecule has 1 heterocycles. The highest BCUT2D eigenvalue weighted by Crippen LogP contribution is 2.28. The first-order valence-corrected chi connectivity index (χ1v) is 5.26. The largest absolute Gasteiger partial charge is 0.393 e. The maximum Gasteiger partial charge on any atom is 0.231 e. The van der Waals surface area contributed by atoms with Crippen molar-refractivity contribution < 1.29 is 4.79 Å². The van der Waals surface area contributed by atoms with Crippen molar-refractivity contribution in [2.45, 2.75) is 12.8 Å². The highest BCUT2D eigenvalue weighted by atomic mass is 32.1. The van der Waals surface area contributed by atoms with Crippen LogP contribution in [0.4, 0.5) is 5.69 Å². The van der Waals surface area contributed by atoms with E-state index in [-0.39, 0.29) is 5.91 Å². The minimum absolute atomic E-state index is 0.132. The van der Waals surface area contributed by atoms with Gasteiger partial charge < -0.3 is 10.6 Å². The van der Waals surface area contributed by atoms with Gasteiger partial charge in [0.05, 0.1) is 11.4 Å². The molecule has 0 saturated carbocycles. The Balaban J connectivity index is 2.18. The molecule has 0 bridgehead atoms. The smallest absolute Gasteiger partial charge is 0.231 e. The van der Waals surface area contributed by atoms with Crippen LogP contribution in [0.5, 0.6) is 0 Å². The molecule has 0 radical (unpaired) electrons. The monoisotopic (exact) mass is 220 g/mol. The third-order valence-electron chi connectivity index (χ3n) is 2.51. The number of hydrogen-bond acceptors (Lipinski definition) is 2. The van der Waals surface area contributed by atoms with Crippen LogP contribution in [0.25, 0.3) is 0 Å². The molecule has 1 aromatic rings. The third kappa shape index (κ3) is 1.99. The van der Waals surface area contributed by atoms with Crippen molar-refractivity contribution in [1.29, 1.82) is 0 Å². The maximum absolute atomic E-state index is 11.7. The molecule has 0 aromatic heterocycles. The summed E-state index contributed by atoms with van der Waals surface area (Å²) >= 11 is 4.81. The average Bonchev–Trinajstić information content (AvgIpc) is 2.50. The fraction of sp³-hybridized carbons (Fsp3) is 0.273. The Hall–Kier alpha value is -1.42. The van der Waals surface area contributed by atoms with Gasteiger partial charge in [0.15, 0.2) is 0 Å². The normalized spacial score (nSPS) is 14.1. The van der Waals surface area contributed by atoms with Crippen LogP contribution in [0.3, 0.4) is 0 Å². The highest BCUT2D eigenvalue weighted by Gasteiger charge is 2.25. The number of para-hydroxylation sites is 1. The van der Waals surface area contributed by atoms with Gasteiger partial charge in [-0.15, -0.1) is 0 Å². The van der Waals surface area contributed by atoms with Gasteiger partial charge in [0.25, 0.3) is 0 Å². The second-order valence-corrected chi connectivity index (χ2v) is 4.09. The Bertz CT molecular complexity index is 417. The van der Waals surface area contributed by atoms with E-state index in [1.54, 1.807) is 4.90 Å². The average molecular weight is 220 g/mol. The van der Waals surface area contributed by atoms with E-state index in [4.69, 9.17) is 18.0 Å². The van der Waals surface area contributed by atoms with Crippen LogP contribution in [0.2, 0.25) is 0 Å². The predicted molar refractivity (Wildman–Crippen MR) is 63.9 cm³/mol. The highest BCUT2D eigenvalue weighted by molar-refractivity contribution is 7.80. The van der Waals surface area contributed by atoms with E-state index in [0.29, 0.717) is 24.4 Å². The number of fused-ring (bicyclic) bond motifs is 1. The van der Waals surface area contributed by atoms with Crippen molar-refractivity contribution in [1.82, 2.24) is 0 Å². The molecule has 1 aliphatic heterocycles. The summed E-state index contributed by atoms with van der Waals surface area (Å²) in [7, 11) is 0. The lowest BCUT2D eigenvalue weighted by atomic mass is 10.2. The van der Waals surface area contributed by atoms with Crippen LogP contribution in [0.1, 0.15) is 12.0 Å². The summed E-state index contributed by atoms with van der Waals surface area (Å²) in [6.07, 6.45) is 1.07. The van der Waals surface area contributed by atoms with E-state index in [1.807, 2.05) is 24.3 Å². The van der Waals surface area contributed by atoms with Crippen molar-refractivity contribution in [3.8, 4) is 0 Å². The van der Waals surface area contributed by atoms with Crippen molar-refractivity contribution in [3.63, 3.8) is 0 Å². The number of hydrogen-bond donors (Lipinski definition) is 1. The maximum atomic E-state index is 11.7. The zero-order chi connectivity index (χ0) is 10.8. The number of benzene rings is 1. The molecule has 15 heavy (non-hydrogen) atoms. The van der Waals surface area contributed by atoms with Crippen LogP contribution >= 0.6 is 12.2 Å². The number of rotatable bonds is 3. The summed E-state index contributed by atoms with van der Waals surface area (Å²) in [6.45, 7) is 0.588. The van der Waals surface area contributed by atoms with E-state index < -0.39 is 0 Å². The van der Waals surface area contributed by atoms with Crippen LogP contribution in [0, 0.1) is 0 Å². The molecule has 2 N–H and O–H groups in total. The lowest BCUT2D eigenvalue weighted by Gasteiger charge is -2.16. The summed E-state index contributed by atoms with van der Waals surface area (Å²) in [5, 5.41) is 0. The number of nitrogens with zero attached hydrogens (tertiary/aromatic N) is 1. The summed E-state index contributed by atoms with van der Waals surface area (Å²) < 4.78 is 0. The molecule has 0 atom stereocenters. The lowest BCUT2D eigenvalue weighted by Crippen LogP contribution is -2.30. The minimum Gasteiger partial charge on any atom is -0.393 e. The molecule has 0 aliphatic carbocycles. The molecule has 78 valence electrons. The first-order valence-electron chi connectivity index (χ1n) is 4.85. The minimum atomic E-state index is 0.132. The molecule has 1 aliphatic rings. The van der Waals surface area contributed by atoms with Crippen LogP contribution in [-0.4, -0.2) is 17.4 Å². The third-order valence-corrected chi connectivity index (χ3v) is 2.71. The zero-order valence-electron chi connectivity index (χ0n) is 8.27. The summed E-state index contributed by atoms with van der Waals surface area (Å²) in [4.78, 5) is 13.9. The molecule has 3 nitrogen and oxygen atoms in total. The fourth-order valence-electron chi connectivity index (χ4n) is 1.78. The fourth-order valence-corrected chi connectivity index (χ4v) is 1.87. The van der Waals surface area contributed by atoms with Gasteiger partial charge >= 0.3 is 0 Å². The number of anilines is 1. The first kappa shape index (κ1) is 10.1. The van der Waals surface area contributed by atoms with Crippen LogP contribution in [0.15, 0.2) is 24.3 Å². The van der Waals surface area contributed by atoms with Gasteiger partial charge in [0, 0.05) is 18.7 Å². The summed E-state index contributed by atoms with van der Waals surface area (Å²) in [5.41, 5.74) is 7.52. The second kappa shape index (κ2) is 3.98. The molecular weight excluding hydrogens is 208 g/mol. The Morgan fingerprint density at radius 1 is 1.47 bits per heavy atom. The van der Waals surface area contributed by atoms with Gasteiger partial charge in [0.1, 0.15) is 0 Å². The van der Waals surface area contributed by atoms with Crippen molar-refractivity contribution in [2.24, 2.45) is 5.73 Å². The van der Waals surface area contributed by atoms with E-state index in [2.05, 4.69) is 0 Å². The standard InChI is InChI=1S/C11H12N2OS/c12-10(15)5-6-13-9-4-2-1-3-8(9)7-11(13)14/h1-4H,5-7H2,(H2,12,15). The van der Waals surface area contributed by atoms with Gasteiger partial charge in [-0.2, -0.15) is 0 Å². The van der Waals surface area contributed by atoms with Crippen LogP contribution in [-0.2, 0) is 11.2 Å². The quantitative estimate of drug-likeness (QED) is 0.780. The topological polar surface area (TPSA) is 46.3 Å². The number of carbonyl (C=O) groups excluding carboxylic acids is 1. The van der Waals surface area contributed by atoms with E-state index >= 15 is 0 Å². The molecule has 4 heteroatoms. The Morgan fingerprint density at radius 3 is 2.93 bits per heavy atom. The van der Waals surface area contributed by atoms with E-state index in [9.17, 15) is 4.79 Å². The number of amides is 1. The van der Waals surface area contributed by atoms with Gasteiger partial charge in [0.2, 0.25) is 5.91 Å². The Labute approximate surface area is 93.9 Å². The molecule has 0 unspecified atom stereocenters. The van der Waals surface area contributed by atoms with Gasteiger partial charge in [-0.1, -0.05) is 30.4 Å². The summed E-state index contributed by atoms with van der Waals surface area (Å²) in [5.74, 6) is 0.132. The van der Waals surface area contributed by atoms with E-state index in [1.165, 1.54) is 0 Å². The molecule has 1 amide bonds. The molecule has 0 saturated heterocycles. The SMILES string of the molecule is NC(=S)CCN1C(=O)Cc2ccccc21. The molecule has 0 fully saturated rings. The molecule has 0 spiro atoms. The Kier molecular flexibility index (Phi) is 2.68. The predicted octanol–water partition coefficient (Wildman–Crippen LogP) is 1.25. The van der Waals surface area contributed by atoms with Crippen LogP contribution < -0.4 is 10.6 Å². The molecular formula is C11H12N2OS. The Morgan fingerprint density at radius 2 is 2.20 bits per heavy atom. The number of nitrogens with two attached hydrogens (primary N) is 1. The van der Waals surface area contributed by atoms with Crippen molar-refractivity contribution in [3.05, 3.63) is 29.8 Å². The molecule has 1 aromatic carbocycles. The van der Waals surface area contributed by atoms with Crippen molar-refractivity contribution >= 4 is 28.8 Å². The van der Waals surface area contributed by atoms with Gasteiger partial charge in [-0.25, -0.2) is 0 Å². The van der Waals surface area contributed by atoms with Gasteiger partial charge in [-0.05, 0) is 11.6 Å². The van der Waals surface area contributed by atoms with E-state index in [0.717, 1.165) is 11.3 Å².